The van der Waals surface area contributed by atoms with Crippen molar-refractivity contribution >= 4 is 82.5 Å². The second kappa shape index (κ2) is 50.9. The highest BCUT2D eigenvalue weighted by atomic mass is 35.5. The van der Waals surface area contributed by atoms with Gasteiger partial charge in [-0.2, -0.15) is 0 Å². The summed E-state index contributed by atoms with van der Waals surface area (Å²) in [6.07, 6.45) is -1.23. The van der Waals surface area contributed by atoms with Gasteiger partial charge in [-0.15, -0.1) is 0 Å². The standard InChI is InChI=1S/C26H25N3O2.C18H25N3O3.C15H20N2O3.C13H17N3O.C13H10O2.C8H16N2O2.C8H13NO3.C7H5ClO.CH4/c30-25(21-9-5-2-6-10-21)27-23-15-28(16-23)24-17-29(18-24)26(31)22-13-11-20(12-14-22)19-7-3-1-4-8-19;1-18(2,3)24-17(23)21-11-15(12-21)20-9-14(10-20)19-16(22)13-7-5-4-6-8-13;1-15(2,3)20-14(19)17-9-12(10-17)16-13(18)11-7-5-4-6-8-11;17-13(10-4-2-1-3-5-10)15-11-8-16(9-11)12-6-14-7-12;14-13(15)12-8-6-11(7-9-12)10-4-2-1-3-5-10;1-8(2,3)12-7(11)10-4-6(9)5-10;1-8(2,3)12-7(11)9-4-6(10)5-9;8-7(9)6-4-2-1-3-5-6;/h1-14,23-24H,15-18H2,(H,27,30);4-8,14-15H,9-12H2,1-3H3,(H,19,22);4-8,12H,9-10H2,1-3H3,(H,16,18);1-5,11-12,14H,6-9H2,(H,15,17);1-9H,(H,14,15);6H,4-5,9H2,1-3H3;4-5H2,1-3H3;1-5H;1H4. The smallest absolute Gasteiger partial charge is 0.411 e. The second-order valence-electron chi connectivity index (χ2n) is 39.5. The molecule has 9 saturated heterocycles. The number of carbonyl (C=O) groups excluding carboxylic acids is 11. The van der Waals surface area contributed by atoms with E-state index in [1.165, 1.54) is 4.90 Å². The zero-order valence-electron chi connectivity index (χ0n) is 81.7. The molecule has 141 heavy (non-hydrogen) atoms. The van der Waals surface area contributed by atoms with Crippen molar-refractivity contribution in [1.29, 1.82) is 0 Å². The zero-order chi connectivity index (χ0) is 101. The second-order valence-corrected chi connectivity index (χ2v) is 39.8. The van der Waals surface area contributed by atoms with Gasteiger partial charge >= 0.3 is 30.3 Å². The lowest BCUT2D eigenvalue weighted by atomic mass is 9.98. The Hall–Kier alpha value is -13.7. The van der Waals surface area contributed by atoms with Gasteiger partial charge in [-0.1, -0.05) is 195 Å². The molecule has 9 fully saturated rings. The quantitative estimate of drug-likeness (QED) is 0.0349. The molecule has 0 saturated carbocycles. The van der Waals surface area contributed by atoms with Crippen LogP contribution >= 0.6 is 11.6 Å². The van der Waals surface area contributed by atoms with Crippen LogP contribution in [0.4, 0.5) is 19.2 Å². The van der Waals surface area contributed by atoms with Crippen molar-refractivity contribution in [2.75, 3.05) is 118 Å². The number of nitrogens with zero attached hydrogens (tertiary/aromatic N) is 8. The minimum absolute atomic E-state index is 0. The summed E-state index contributed by atoms with van der Waals surface area (Å²) in [5.41, 5.74) is 12.4. The molecule has 9 aliphatic rings. The molecule has 9 heterocycles. The van der Waals surface area contributed by atoms with E-state index < -0.39 is 39.7 Å². The van der Waals surface area contributed by atoms with Crippen LogP contribution in [0.5, 0.6) is 0 Å². The number of hydrogen-bond acceptors (Lipinski definition) is 21. The van der Waals surface area contributed by atoms with Crippen molar-refractivity contribution in [2.24, 2.45) is 5.73 Å². The Morgan fingerprint density at radius 3 is 0.823 bits per heavy atom. The molecular formula is C109H135ClN14O17. The lowest BCUT2D eigenvalue weighted by Gasteiger charge is -2.51. The average Bonchev–Trinajstić information content (AvgIpc) is 0.773. The molecule has 0 atom stereocenters. The Balaban J connectivity index is 0.000000170. The number of hydrogen-bond donors (Lipinski definition) is 7. The van der Waals surface area contributed by atoms with Gasteiger partial charge in [-0.3, -0.25) is 53.2 Å². The maximum absolute atomic E-state index is 12.8. The van der Waals surface area contributed by atoms with Crippen LogP contribution < -0.4 is 32.3 Å². The summed E-state index contributed by atoms with van der Waals surface area (Å²) in [4.78, 5) is 154. The fourth-order valence-corrected chi connectivity index (χ4v) is 15.3. The Labute approximate surface area is 832 Å². The van der Waals surface area contributed by atoms with Gasteiger partial charge in [0.05, 0.1) is 42.8 Å². The van der Waals surface area contributed by atoms with Crippen molar-refractivity contribution in [3.8, 4) is 22.3 Å². The van der Waals surface area contributed by atoms with Crippen LogP contribution in [0, 0.1) is 0 Å². The van der Waals surface area contributed by atoms with Gasteiger partial charge in [-0.25, -0.2) is 24.0 Å². The summed E-state index contributed by atoms with van der Waals surface area (Å²) in [6.45, 7) is 35.1. The topological polar surface area (TPSA) is 374 Å². The number of likely N-dealkylation sites (tertiary alicyclic amines) is 8. The van der Waals surface area contributed by atoms with Gasteiger partial charge in [0.2, 0.25) is 0 Å². The highest BCUT2D eigenvalue weighted by Gasteiger charge is 2.45. The fraction of sp³-hybridized carbons (Fsp3) is 0.394. The van der Waals surface area contributed by atoms with E-state index in [4.69, 9.17) is 41.4 Å². The molecule has 8 N–H and O–H groups in total. The zero-order valence-corrected chi connectivity index (χ0v) is 82.4. The number of amides is 9. The first-order chi connectivity index (χ1) is 66.5. The van der Waals surface area contributed by atoms with Crippen molar-refractivity contribution in [1.82, 2.24) is 65.8 Å². The number of benzene rings is 9. The Kier molecular flexibility index (Phi) is 39.5. The number of rotatable bonds is 16. The summed E-state index contributed by atoms with van der Waals surface area (Å²) in [7, 11) is 0. The first-order valence-electron chi connectivity index (χ1n) is 47.1. The first kappa shape index (κ1) is 109. The van der Waals surface area contributed by atoms with Crippen LogP contribution in [-0.4, -0.2) is 304 Å². The molecule has 0 bridgehead atoms. The van der Waals surface area contributed by atoms with Gasteiger partial charge in [0.15, 0.2) is 5.78 Å². The SMILES string of the molecule is C.CC(C)(C)OC(=O)N1CC(=O)C1.CC(C)(C)OC(=O)N1CC(N)C1.CC(C)(C)OC(=O)N1CC(N2CC(NC(=O)c3ccccc3)C2)C1.CC(C)(C)OC(=O)N1CC(NC(=O)c2ccccc2)C1.O=C(Cl)c1ccccc1.O=C(NC1CN(C2CN(C(=O)c3ccc(-c4ccccc4)cc3)C2)C1)c1ccccc1.O=C(NC1CN(C2CNC2)C1)c1ccccc1.O=C(O)c1ccc(-c2ccccc2)cc1. The Morgan fingerprint density at radius 2 is 0.560 bits per heavy atom. The lowest BCUT2D eigenvalue weighted by molar-refractivity contribution is -0.128. The third-order valence-corrected chi connectivity index (χ3v) is 23.4. The van der Waals surface area contributed by atoms with Crippen molar-refractivity contribution < 1.29 is 81.6 Å². The molecule has 750 valence electrons. The summed E-state index contributed by atoms with van der Waals surface area (Å²) < 4.78 is 20.8. The van der Waals surface area contributed by atoms with Gasteiger partial charge in [0.1, 0.15) is 22.4 Å². The average molecular weight is 1950 g/mol. The number of carbonyl (C=O) groups is 12. The summed E-state index contributed by atoms with van der Waals surface area (Å²) in [5, 5.41) is 23.7. The van der Waals surface area contributed by atoms with E-state index in [1.54, 1.807) is 84.0 Å². The van der Waals surface area contributed by atoms with Crippen LogP contribution in [0.15, 0.2) is 261 Å². The van der Waals surface area contributed by atoms with Gasteiger partial charge in [0, 0.05) is 162 Å². The monoisotopic (exact) mass is 1950 g/mol. The maximum atomic E-state index is 12.8. The van der Waals surface area contributed by atoms with Crippen molar-refractivity contribution in [3.05, 3.63) is 300 Å². The molecule has 31 nitrogen and oxygen atoms in total. The summed E-state index contributed by atoms with van der Waals surface area (Å²) in [6, 6.07) is 82.8. The van der Waals surface area contributed by atoms with Crippen LogP contribution in [0.3, 0.4) is 0 Å². The molecule has 18 rings (SSSR count). The largest absolute Gasteiger partial charge is 0.478 e. The van der Waals surface area contributed by atoms with Crippen LogP contribution in [0.1, 0.15) is 163 Å². The Bertz CT molecular complexity index is 5570. The minimum Gasteiger partial charge on any atom is -0.478 e. The molecular weight excluding hydrogens is 1810 g/mol. The summed E-state index contributed by atoms with van der Waals surface area (Å²) in [5.74, 6) is -0.832. The molecule has 9 amide bonds. The maximum Gasteiger partial charge on any atom is 0.411 e. The van der Waals surface area contributed by atoms with E-state index in [0.717, 1.165) is 98.8 Å². The molecule has 9 aromatic carbocycles. The third-order valence-electron chi connectivity index (χ3n) is 23.1. The van der Waals surface area contributed by atoms with Crippen LogP contribution in [0.25, 0.3) is 22.3 Å². The molecule has 0 radical (unpaired) electrons. The van der Waals surface area contributed by atoms with Crippen LogP contribution in [-0.2, 0) is 23.7 Å². The van der Waals surface area contributed by atoms with Crippen molar-refractivity contribution in [3.63, 3.8) is 0 Å². The number of Topliss-reactive ketones (excluding diaryl/α,β-unsaturated/α-hetero) is 1. The third kappa shape index (κ3) is 35.0. The van der Waals surface area contributed by atoms with E-state index in [0.29, 0.717) is 91.3 Å². The molecule has 0 spiro atoms. The molecule has 0 aromatic heterocycles. The number of nitrogens with two attached hydrogens (primary N) is 1. The molecule has 32 heteroatoms. The predicted octanol–water partition coefficient (Wildman–Crippen LogP) is 14.2. The fourth-order valence-electron chi connectivity index (χ4n) is 15.2. The van der Waals surface area contributed by atoms with Gasteiger partial charge in [-0.05, 0) is 190 Å². The van der Waals surface area contributed by atoms with Gasteiger partial charge in [0.25, 0.3) is 34.8 Å². The first-order valence-corrected chi connectivity index (χ1v) is 47.5. The molecule has 9 aromatic rings. The van der Waals surface area contributed by atoms with Crippen molar-refractivity contribution in [2.45, 2.75) is 161 Å². The highest BCUT2D eigenvalue weighted by Crippen LogP contribution is 2.29. The molecule has 0 aliphatic carbocycles. The summed E-state index contributed by atoms with van der Waals surface area (Å²) >= 11 is 5.16. The van der Waals surface area contributed by atoms with E-state index in [1.807, 2.05) is 267 Å². The Morgan fingerprint density at radius 1 is 0.312 bits per heavy atom. The molecule has 0 unspecified atom stereocenters. The number of carboxylic acid groups (broad SMARTS) is 1. The number of ether oxygens (including phenoxy) is 4. The number of nitrogens with one attached hydrogen (secondary N) is 5. The lowest BCUT2D eigenvalue weighted by Crippen LogP contribution is -2.70. The number of carboxylic acids is 1. The number of ketones is 1. The van der Waals surface area contributed by atoms with E-state index >= 15 is 0 Å². The molecule has 9 aliphatic heterocycles. The number of aromatic carboxylic acids is 1. The van der Waals surface area contributed by atoms with E-state index in [9.17, 15) is 57.5 Å². The van der Waals surface area contributed by atoms with Gasteiger partial charge < -0.3 is 76.0 Å². The normalized spacial score (nSPS) is 16.5. The predicted molar refractivity (Wildman–Crippen MR) is 544 cm³/mol. The van der Waals surface area contributed by atoms with E-state index in [2.05, 4.69) is 53.4 Å². The van der Waals surface area contributed by atoms with E-state index in [-0.39, 0.29) is 98.3 Å². The minimum atomic E-state index is -0.894. The number of halogens is 1. The highest BCUT2D eigenvalue weighted by molar-refractivity contribution is 6.67. The van der Waals surface area contributed by atoms with Crippen LogP contribution in [0.2, 0.25) is 0 Å².